The smallest absolute Gasteiger partial charge is 0.335 e. The maximum atomic E-state index is 12.4. The van der Waals surface area contributed by atoms with Crippen LogP contribution >= 0.6 is 15.9 Å². The second kappa shape index (κ2) is 6.33. The van der Waals surface area contributed by atoms with Crippen molar-refractivity contribution in [1.82, 2.24) is 0 Å². The Morgan fingerprint density at radius 1 is 1.25 bits per heavy atom. The molecule has 0 heterocycles. The molecule has 2 aromatic rings. The molecular weight excluding hydrogens is 340 g/mol. The van der Waals surface area contributed by atoms with E-state index < -0.39 is 16.8 Å². The first-order valence-electron chi connectivity index (χ1n) is 5.95. The van der Waals surface area contributed by atoms with Crippen molar-refractivity contribution in [1.29, 1.82) is 0 Å². The number of aromatic carboxylic acids is 1. The molecule has 2 rings (SSSR count). The van der Waals surface area contributed by atoms with Gasteiger partial charge in [-0.2, -0.15) is 0 Å². The number of aryl methyl sites for hydroxylation is 1. The van der Waals surface area contributed by atoms with E-state index in [1.165, 1.54) is 12.1 Å². The topological polar surface area (TPSA) is 54.4 Å². The van der Waals surface area contributed by atoms with Crippen LogP contribution in [0.3, 0.4) is 0 Å². The Balaban J connectivity index is 2.25. The van der Waals surface area contributed by atoms with Gasteiger partial charge in [-0.15, -0.1) is 0 Å². The molecule has 0 aromatic heterocycles. The highest BCUT2D eigenvalue weighted by atomic mass is 79.9. The van der Waals surface area contributed by atoms with Gasteiger partial charge in [0.05, 0.1) is 22.1 Å². The maximum absolute atomic E-state index is 12.4. The average molecular weight is 353 g/mol. The second-order valence-electron chi connectivity index (χ2n) is 4.37. The van der Waals surface area contributed by atoms with Crippen molar-refractivity contribution in [3.8, 4) is 0 Å². The first-order chi connectivity index (χ1) is 9.49. The largest absolute Gasteiger partial charge is 0.478 e. The quantitative estimate of drug-likeness (QED) is 0.911. The minimum Gasteiger partial charge on any atom is -0.478 e. The summed E-state index contributed by atoms with van der Waals surface area (Å²) in [5.41, 5.74) is 2.03. The Bertz CT molecular complexity index is 683. The SMILES string of the molecule is Cc1ccccc1S(=O)Cc1ccc(C(=O)O)cc1Br. The molecule has 0 saturated carbocycles. The fourth-order valence-electron chi connectivity index (χ4n) is 1.83. The van der Waals surface area contributed by atoms with Gasteiger partial charge < -0.3 is 5.11 Å². The van der Waals surface area contributed by atoms with E-state index >= 15 is 0 Å². The van der Waals surface area contributed by atoms with Gasteiger partial charge >= 0.3 is 5.97 Å². The van der Waals surface area contributed by atoms with Gasteiger partial charge in [-0.05, 0) is 36.2 Å². The van der Waals surface area contributed by atoms with E-state index in [4.69, 9.17) is 5.11 Å². The van der Waals surface area contributed by atoms with E-state index in [1.807, 2.05) is 31.2 Å². The Morgan fingerprint density at radius 3 is 2.55 bits per heavy atom. The molecule has 104 valence electrons. The lowest BCUT2D eigenvalue weighted by molar-refractivity contribution is 0.0697. The van der Waals surface area contributed by atoms with Crippen molar-refractivity contribution in [2.45, 2.75) is 17.6 Å². The van der Waals surface area contributed by atoms with E-state index in [-0.39, 0.29) is 5.56 Å². The molecule has 3 nitrogen and oxygen atoms in total. The molecule has 0 amide bonds. The standard InChI is InChI=1S/C15H13BrO3S/c1-10-4-2-3-5-14(10)20(19)9-12-7-6-11(15(17)18)8-13(12)16/h2-8H,9H2,1H3,(H,17,18). The van der Waals surface area contributed by atoms with Gasteiger partial charge in [-0.25, -0.2) is 4.79 Å². The third-order valence-corrected chi connectivity index (χ3v) is 5.19. The van der Waals surface area contributed by atoms with E-state index in [9.17, 15) is 9.00 Å². The number of carboxylic acid groups (broad SMARTS) is 1. The average Bonchev–Trinajstić information content (AvgIpc) is 2.41. The third-order valence-electron chi connectivity index (χ3n) is 2.93. The van der Waals surface area contributed by atoms with Crippen LogP contribution in [0.5, 0.6) is 0 Å². The fraction of sp³-hybridized carbons (Fsp3) is 0.133. The van der Waals surface area contributed by atoms with Crippen molar-refractivity contribution in [2.24, 2.45) is 0 Å². The number of hydrogen-bond acceptors (Lipinski definition) is 2. The highest BCUT2D eigenvalue weighted by Gasteiger charge is 2.12. The second-order valence-corrected chi connectivity index (χ2v) is 6.64. The van der Waals surface area contributed by atoms with Crippen molar-refractivity contribution < 1.29 is 14.1 Å². The van der Waals surface area contributed by atoms with Gasteiger partial charge in [0, 0.05) is 9.37 Å². The maximum Gasteiger partial charge on any atom is 0.335 e. The molecule has 0 aliphatic rings. The zero-order valence-corrected chi connectivity index (χ0v) is 13.2. The number of carbonyl (C=O) groups is 1. The van der Waals surface area contributed by atoms with Crippen LogP contribution in [0.4, 0.5) is 0 Å². The Kier molecular flexibility index (Phi) is 4.73. The highest BCUT2D eigenvalue weighted by molar-refractivity contribution is 9.10. The summed E-state index contributed by atoms with van der Waals surface area (Å²) in [4.78, 5) is 11.7. The highest BCUT2D eigenvalue weighted by Crippen LogP contribution is 2.23. The van der Waals surface area contributed by atoms with Gasteiger partial charge in [0.15, 0.2) is 0 Å². The van der Waals surface area contributed by atoms with E-state index in [0.717, 1.165) is 16.0 Å². The van der Waals surface area contributed by atoms with Crippen LogP contribution in [0, 0.1) is 6.92 Å². The zero-order chi connectivity index (χ0) is 14.7. The molecule has 0 spiro atoms. The molecule has 0 fully saturated rings. The van der Waals surface area contributed by atoms with Crippen LogP contribution < -0.4 is 0 Å². The predicted octanol–water partition coefficient (Wildman–Crippen LogP) is 3.76. The van der Waals surface area contributed by atoms with E-state index in [1.54, 1.807) is 6.07 Å². The van der Waals surface area contributed by atoms with Gasteiger partial charge in [0.1, 0.15) is 0 Å². The van der Waals surface area contributed by atoms with Crippen molar-refractivity contribution in [2.75, 3.05) is 0 Å². The lowest BCUT2D eigenvalue weighted by Gasteiger charge is -2.08. The van der Waals surface area contributed by atoms with E-state index in [0.29, 0.717) is 10.2 Å². The van der Waals surface area contributed by atoms with Crippen molar-refractivity contribution >= 4 is 32.7 Å². The van der Waals surface area contributed by atoms with Crippen LogP contribution in [-0.2, 0) is 16.6 Å². The van der Waals surface area contributed by atoms with Crippen LogP contribution in [0.25, 0.3) is 0 Å². The molecule has 1 N–H and O–H groups in total. The monoisotopic (exact) mass is 352 g/mol. The minimum absolute atomic E-state index is 0.210. The van der Waals surface area contributed by atoms with Crippen molar-refractivity contribution in [3.05, 3.63) is 63.6 Å². The summed E-state index contributed by atoms with van der Waals surface area (Å²) in [6, 6.07) is 12.3. The summed E-state index contributed by atoms with van der Waals surface area (Å²) in [6.45, 7) is 1.93. The van der Waals surface area contributed by atoms with Gasteiger partial charge in [-0.3, -0.25) is 4.21 Å². The van der Waals surface area contributed by atoms with E-state index in [2.05, 4.69) is 15.9 Å². The van der Waals surface area contributed by atoms with Gasteiger partial charge in [-0.1, -0.05) is 40.2 Å². The summed E-state index contributed by atoms with van der Waals surface area (Å²) in [5.74, 6) is -0.622. The van der Waals surface area contributed by atoms with Crippen molar-refractivity contribution in [3.63, 3.8) is 0 Å². The Hall–Kier alpha value is -1.46. The zero-order valence-electron chi connectivity index (χ0n) is 10.8. The molecule has 2 aromatic carbocycles. The molecule has 0 bridgehead atoms. The normalized spacial score (nSPS) is 12.1. The first-order valence-corrected chi connectivity index (χ1v) is 8.06. The summed E-state index contributed by atoms with van der Waals surface area (Å²) in [7, 11) is -1.15. The summed E-state index contributed by atoms with van der Waals surface area (Å²) < 4.78 is 13.0. The first kappa shape index (κ1) is 14.9. The molecule has 0 aliphatic carbocycles. The Labute approximate surface area is 128 Å². The molecule has 1 atom stereocenters. The fourth-order valence-corrected chi connectivity index (χ4v) is 3.88. The number of rotatable bonds is 4. The van der Waals surface area contributed by atoms with Gasteiger partial charge in [0.2, 0.25) is 0 Å². The van der Waals surface area contributed by atoms with Crippen LogP contribution in [0.1, 0.15) is 21.5 Å². The lowest BCUT2D eigenvalue weighted by atomic mass is 10.1. The third kappa shape index (κ3) is 3.35. The molecule has 0 saturated heterocycles. The predicted molar refractivity (Wildman–Crippen MR) is 82.4 cm³/mol. The van der Waals surface area contributed by atoms with Crippen LogP contribution in [-0.4, -0.2) is 15.3 Å². The molecule has 1 unspecified atom stereocenters. The summed E-state index contributed by atoms with van der Waals surface area (Å²) in [6.07, 6.45) is 0. The molecular formula is C15H13BrO3S. The molecule has 5 heteroatoms. The lowest BCUT2D eigenvalue weighted by Crippen LogP contribution is -2.01. The minimum atomic E-state index is -1.15. The van der Waals surface area contributed by atoms with Crippen LogP contribution in [0.2, 0.25) is 0 Å². The number of halogens is 1. The van der Waals surface area contributed by atoms with Gasteiger partial charge in [0.25, 0.3) is 0 Å². The summed E-state index contributed by atoms with van der Waals surface area (Å²) >= 11 is 3.34. The number of carboxylic acids is 1. The molecule has 0 radical (unpaired) electrons. The number of hydrogen-bond donors (Lipinski definition) is 1. The Morgan fingerprint density at radius 2 is 1.95 bits per heavy atom. The molecule has 0 aliphatic heterocycles. The molecule has 20 heavy (non-hydrogen) atoms. The van der Waals surface area contributed by atoms with Crippen LogP contribution in [0.15, 0.2) is 51.8 Å². The number of benzene rings is 2. The summed E-state index contributed by atoms with van der Waals surface area (Å²) in [5, 5.41) is 8.92.